The van der Waals surface area contributed by atoms with Crippen LogP contribution in [0.1, 0.15) is 28.5 Å². The highest BCUT2D eigenvalue weighted by atomic mass is 19.4. The standard InChI is InChI=1S/C18H23F3N4O2/c1-12-13(2)27-16(25-12)9-24-17(22-3)23-8-14-5-4-6-15(7-14)10-26-11-18(19,20)21/h4-7H,8-11H2,1-3H3,(H2,22,23,24). The Bertz CT molecular complexity index is 753. The quantitative estimate of drug-likeness (QED) is 0.567. The van der Waals surface area contributed by atoms with Crippen LogP contribution in [0.5, 0.6) is 0 Å². The lowest BCUT2D eigenvalue weighted by Crippen LogP contribution is -2.36. The van der Waals surface area contributed by atoms with Crippen molar-refractivity contribution in [1.29, 1.82) is 0 Å². The largest absolute Gasteiger partial charge is 0.444 e. The fourth-order valence-corrected chi connectivity index (χ4v) is 2.29. The number of hydrogen-bond acceptors (Lipinski definition) is 4. The summed E-state index contributed by atoms with van der Waals surface area (Å²) in [5.41, 5.74) is 2.42. The molecule has 2 aromatic rings. The normalized spacial score (nSPS) is 12.3. The first-order valence-corrected chi connectivity index (χ1v) is 8.36. The summed E-state index contributed by atoms with van der Waals surface area (Å²) < 4.78 is 46.6. The van der Waals surface area contributed by atoms with Crippen LogP contribution in [-0.2, 0) is 24.4 Å². The molecule has 0 fully saturated rings. The lowest BCUT2D eigenvalue weighted by Gasteiger charge is -2.12. The van der Waals surface area contributed by atoms with Gasteiger partial charge in [-0.3, -0.25) is 4.99 Å². The molecule has 0 atom stereocenters. The monoisotopic (exact) mass is 384 g/mol. The minimum absolute atomic E-state index is 0.0941. The Hall–Kier alpha value is -2.55. The lowest BCUT2D eigenvalue weighted by molar-refractivity contribution is -0.176. The number of rotatable bonds is 7. The Labute approximate surface area is 155 Å². The predicted molar refractivity (Wildman–Crippen MR) is 95.2 cm³/mol. The smallest absolute Gasteiger partial charge is 0.411 e. The molecule has 0 amide bonds. The second-order valence-corrected chi connectivity index (χ2v) is 5.96. The molecule has 2 rings (SSSR count). The number of halogens is 3. The average molecular weight is 384 g/mol. The molecule has 148 valence electrons. The third-order valence-corrected chi connectivity index (χ3v) is 3.69. The van der Waals surface area contributed by atoms with Gasteiger partial charge in [-0.25, -0.2) is 4.98 Å². The molecule has 0 bridgehead atoms. The molecule has 0 saturated carbocycles. The molecule has 0 saturated heterocycles. The number of aliphatic imine (C=N–C) groups is 1. The van der Waals surface area contributed by atoms with Crippen molar-refractivity contribution in [3.63, 3.8) is 0 Å². The van der Waals surface area contributed by atoms with Crippen molar-refractivity contribution < 1.29 is 22.3 Å². The van der Waals surface area contributed by atoms with Gasteiger partial charge in [-0.2, -0.15) is 13.2 Å². The van der Waals surface area contributed by atoms with Gasteiger partial charge in [0.2, 0.25) is 5.89 Å². The molecule has 0 radical (unpaired) electrons. The Morgan fingerprint density at radius 1 is 1.19 bits per heavy atom. The van der Waals surface area contributed by atoms with Crippen molar-refractivity contribution in [1.82, 2.24) is 15.6 Å². The van der Waals surface area contributed by atoms with Gasteiger partial charge >= 0.3 is 6.18 Å². The van der Waals surface area contributed by atoms with E-state index in [4.69, 9.17) is 4.42 Å². The zero-order valence-electron chi connectivity index (χ0n) is 15.5. The van der Waals surface area contributed by atoms with Crippen molar-refractivity contribution >= 4 is 5.96 Å². The molecule has 1 aromatic carbocycles. The Morgan fingerprint density at radius 2 is 1.89 bits per heavy atom. The molecule has 0 aliphatic rings. The fraction of sp³-hybridized carbons (Fsp3) is 0.444. The molecular weight excluding hydrogens is 361 g/mol. The van der Waals surface area contributed by atoms with Crippen LogP contribution in [0.15, 0.2) is 33.7 Å². The summed E-state index contributed by atoms with van der Waals surface area (Å²) in [7, 11) is 1.64. The molecule has 9 heteroatoms. The predicted octanol–water partition coefficient (Wildman–Crippen LogP) is 3.24. The summed E-state index contributed by atoms with van der Waals surface area (Å²) in [5.74, 6) is 1.90. The minimum atomic E-state index is -4.32. The third kappa shape index (κ3) is 7.30. The van der Waals surface area contributed by atoms with Gasteiger partial charge in [0.05, 0.1) is 18.8 Å². The van der Waals surface area contributed by atoms with E-state index in [1.807, 2.05) is 19.9 Å². The van der Waals surface area contributed by atoms with E-state index in [1.54, 1.807) is 25.2 Å². The van der Waals surface area contributed by atoms with Crippen LogP contribution < -0.4 is 10.6 Å². The van der Waals surface area contributed by atoms with E-state index in [1.165, 1.54) is 0 Å². The maximum Gasteiger partial charge on any atom is 0.411 e. The zero-order valence-corrected chi connectivity index (χ0v) is 15.5. The molecule has 0 aliphatic carbocycles. The fourth-order valence-electron chi connectivity index (χ4n) is 2.29. The van der Waals surface area contributed by atoms with Crippen molar-refractivity contribution in [3.05, 3.63) is 52.7 Å². The van der Waals surface area contributed by atoms with Crippen LogP contribution in [0.3, 0.4) is 0 Å². The maximum absolute atomic E-state index is 12.1. The molecule has 2 N–H and O–H groups in total. The van der Waals surface area contributed by atoms with Crippen LogP contribution in [0, 0.1) is 13.8 Å². The van der Waals surface area contributed by atoms with E-state index in [2.05, 4.69) is 25.3 Å². The number of ether oxygens (including phenoxy) is 1. The maximum atomic E-state index is 12.1. The van der Waals surface area contributed by atoms with E-state index in [0.717, 1.165) is 17.0 Å². The molecule has 0 spiro atoms. The summed E-state index contributed by atoms with van der Waals surface area (Å²) in [6.07, 6.45) is -4.32. The number of hydrogen-bond donors (Lipinski definition) is 2. The Morgan fingerprint density at radius 3 is 2.52 bits per heavy atom. The molecule has 27 heavy (non-hydrogen) atoms. The lowest BCUT2D eigenvalue weighted by atomic mass is 10.1. The number of guanidine groups is 1. The van der Waals surface area contributed by atoms with Crippen molar-refractivity contribution in [2.45, 2.75) is 39.7 Å². The molecule has 1 heterocycles. The second-order valence-electron chi connectivity index (χ2n) is 5.96. The van der Waals surface area contributed by atoms with Crippen LogP contribution in [0.25, 0.3) is 0 Å². The van der Waals surface area contributed by atoms with Crippen molar-refractivity contribution in [3.8, 4) is 0 Å². The Kier molecular flexibility index (Phi) is 7.23. The molecule has 1 aromatic heterocycles. The van der Waals surface area contributed by atoms with Gasteiger partial charge < -0.3 is 19.8 Å². The van der Waals surface area contributed by atoms with Gasteiger partial charge in [-0.1, -0.05) is 24.3 Å². The number of nitrogens with zero attached hydrogens (tertiary/aromatic N) is 2. The van der Waals surface area contributed by atoms with Crippen molar-refractivity contribution in [2.24, 2.45) is 4.99 Å². The van der Waals surface area contributed by atoms with Gasteiger partial charge in [-0.05, 0) is 25.0 Å². The first-order chi connectivity index (χ1) is 12.8. The summed E-state index contributed by atoms with van der Waals surface area (Å²) in [5, 5.41) is 6.23. The number of oxazole rings is 1. The first kappa shape index (κ1) is 20.8. The molecular formula is C18H23F3N4O2. The van der Waals surface area contributed by atoms with E-state index in [0.29, 0.717) is 30.5 Å². The van der Waals surface area contributed by atoms with Gasteiger partial charge in [0.15, 0.2) is 5.96 Å². The summed E-state index contributed by atoms with van der Waals surface area (Å²) >= 11 is 0. The number of benzene rings is 1. The van der Waals surface area contributed by atoms with E-state index < -0.39 is 12.8 Å². The molecule has 0 unspecified atom stereocenters. The highest BCUT2D eigenvalue weighted by Gasteiger charge is 2.27. The van der Waals surface area contributed by atoms with Gasteiger partial charge in [-0.15, -0.1) is 0 Å². The first-order valence-electron chi connectivity index (χ1n) is 8.36. The van der Waals surface area contributed by atoms with Gasteiger partial charge in [0.25, 0.3) is 0 Å². The van der Waals surface area contributed by atoms with E-state index in [-0.39, 0.29) is 6.61 Å². The van der Waals surface area contributed by atoms with Gasteiger partial charge in [0, 0.05) is 13.6 Å². The van der Waals surface area contributed by atoms with E-state index >= 15 is 0 Å². The topological polar surface area (TPSA) is 71.7 Å². The van der Waals surface area contributed by atoms with E-state index in [9.17, 15) is 13.2 Å². The molecule has 6 nitrogen and oxygen atoms in total. The number of aromatic nitrogens is 1. The molecule has 0 aliphatic heterocycles. The minimum Gasteiger partial charge on any atom is -0.444 e. The third-order valence-electron chi connectivity index (χ3n) is 3.69. The van der Waals surface area contributed by atoms with Crippen LogP contribution in [0.2, 0.25) is 0 Å². The van der Waals surface area contributed by atoms with Crippen LogP contribution in [0.4, 0.5) is 13.2 Å². The number of nitrogens with one attached hydrogen (secondary N) is 2. The zero-order chi connectivity index (χ0) is 19.9. The second kappa shape index (κ2) is 9.40. The summed E-state index contributed by atoms with van der Waals surface area (Å²) in [6.45, 7) is 3.22. The summed E-state index contributed by atoms with van der Waals surface area (Å²) in [6, 6.07) is 7.16. The SMILES string of the molecule is CN=C(NCc1cccc(COCC(F)(F)F)c1)NCc1nc(C)c(C)o1. The Balaban J connectivity index is 1.82. The van der Waals surface area contributed by atoms with Crippen LogP contribution >= 0.6 is 0 Å². The van der Waals surface area contributed by atoms with Gasteiger partial charge in [0.1, 0.15) is 12.4 Å². The highest BCUT2D eigenvalue weighted by molar-refractivity contribution is 5.79. The number of alkyl halides is 3. The average Bonchev–Trinajstić information content (AvgIpc) is 2.92. The summed E-state index contributed by atoms with van der Waals surface area (Å²) in [4.78, 5) is 8.41. The number of aryl methyl sites for hydroxylation is 2. The van der Waals surface area contributed by atoms with Crippen molar-refractivity contribution in [2.75, 3.05) is 13.7 Å². The highest BCUT2D eigenvalue weighted by Crippen LogP contribution is 2.16. The van der Waals surface area contributed by atoms with Crippen LogP contribution in [-0.4, -0.2) is 30.8 Å².